The van der Waals surface area contributed by atoms with Gasteiger partial charge in [-0.3, -0.25) is 0 Å². The molecule has 4 rings (SSSR count). The standard InChI is InChI=1S/C17H20N4/c1-20-9-8-15-14(11-20)16(18)13-7-10-21(17(13)19-15)12-5-3-2-4-6-12/h2-6H,7-11H2,1H3,(H2,18,19). The lowest BCUT2D eigenvalue weighted by molar-refractivity contribution is 0.310. The number of anilines is 3. The molecule has 2 N–H and O–H groups in total. The van der Waals surface area contributed by atoms with Crippen molar-refractivity contribution in [2.45, 2.75) is 19.4 Å². The fourth-order valence-electron chi connectivity index (χ4n) is 3.41. The van der Waals surface area contributed by atoms with Gasteiger partial charge in [-0.1, -0.05) is 18.2 Å². The number of nitrogen functional groups attached to an aromatic ring is 1. The van der Waals surface area contributed by atoms with E-state index in [-0.39, 0.29) is 0 Å². The second-order valence-corrected chi connectivity index (χ2v) is 5.98. The summed E-state index contributed by atoms with van der Waals surface area (Å²) in [5.41, 5.74) is 12.3. The molecule has 0 fully saturated rings. The molecule has 1 aromatic carbocycles. The molecule has 0 unspecified atom stereocenters. The van der Waals surface area contributed by atoms with E-state index in [0.717, 1.165) is 44.0 Å². The summed E-state index contributed by atoms with van der Waals surface area (Å²) < 4.78 is 0. The van der Waals surface area contributed by atoms with Gasteiger partial charge < -0.3 is 15.5 Å². The first kappa shape index (κ1) is 12.7. The van der Waals surface area contributed by atoms with Crippen LogP contribution in [0, 0.1) is 0 Å². The maximum Gasteiger partial charge on any atom is 0.138 e. The molecular formula is C17H20N4. The minimum absolute atomic E-state index is 0.923. The number of fused-ring (bicyclic) bond motifs is 2. The summed E-state index contributed by atoms with van der Waals surface area (Å²) in [6.45, 7) is 2.95. The maximum atomic E-state index is 6.46. The second kappa shape index (κ2) is 4.74. The Morgan fingerprint density at radius 2 is 1.86 bits per heavy atom. The average Bonchev–Trinajstić information content (AvgIpc) is 2.93. The molecule has 1 aromatic heterocycles. The molecule has 0 amide bonds. The Morgan fingerprint density at radius 3 is 2.67 bits per heavy atom. The van der Waals surface area contributed by atoms with E-state index in [1.165, 1.54) is 22.5 Å². The van der Waals surface area contributed by atoms with Crippen LogP contribution < -0.4 is 10.6 Å². The predicted molar refractivity (Wildman–Crippen MR) is 85.8 cm³/mol. The molecule has 4 heteroatoms. The summed E-state index contributed by atoms with van der Waals surface area (Å²) in [7, 11) is 2.14. The molecule has 2 aromatic rings. The number of benzene rings is 1. The highest BCUT2D eigenvalue weighted by molar-refractivity contribution is 5.74. The van der Waals surface area contributed by atoms with Crippen molar-refractivity contribution < 1.29 is 0 Å². The highest BCUT2D eigenvalue weighted by Crippen LogP contribution is 2.39. The molecule has 4 nitrogen and oxygen atoms in total. The van der Waals surface area contributed by atoms with Gasteiger partial charge in [0.05, 0.1) is 5.69 Å². The first-order valence-corrected chi connectivity index (χ1v) is 7.55. The normalized spacial score (nSPS) is 17.7. The van der Waals surface area contributed by atoms with E-state index >= 15 is 0 Å². The van der Waals surface area contributed by atoms with E-state index in [1.54, 1.807) is 0 Å². The predicted octanol–water partition coefficient (Wildman–Crippen LogP) is 2.35. The van der Waals surface area contributed by atoms with Gasteiger partial charge in [0, 0.05) is 48.6 Å². The molecule has 0 atom stereocenters. The molecule has 0 saturated heterocycles. The Morgan fingerprint density at radius 1 is 1.05 bits per heavy atom. The summed E-state index contributed by atoms with van der Waals surface area (Å²) in [6, 6.07) is 10.5. The number of likely N-dealkylation sites (N-methyl/N-ethyl adjacent to an activating group) is 1. The van der Waals surface area contributed by atoms with E-state index in [1.807, 2.05) is 6.07 Å². The van der Waals surface area contributed by atoms with Crippen molar-refractivity contribution in [3.63, 3.8) is 0 Å². The fourth-order valence-corrected chi connectivity index (χ4v) is 3.41. The van der Waals surface area contributed by atoms with Crippen LogP contribution in [0.1, 0.15) is 16.8 Å². The zero-order valence-electron chi connectivity index (χ0n) is 12.3. The van der Waals surface area contributed by atoms with Gasteiger partial charge >= 0.3 is 0 Å². The smallest absolute Gasteiger partial charge is 0.138 e. The lowest BCUT2D eigenvalue weighted by atomic mass is 10.0. The number of para-hydroxylation sites is 1. The van der Waals surface area contributed by atoms with E-state index in [9.17, 15) is 0 Å². The average molecular weight is 280 g/mol. The third kappa shape index (κ3) is 1.98. The number of nitrogens with zero attached hydrogens (tertiary/aromatic N) is 3. The van der Waals surface area contributed by atoms with Gasteiger partial charge in [-0.15, -0.1) is 0 Å². The minimum atomic E-state index is 0.923. The Balaban J connectivity index is 1.82. The van der Waals surface area contributed by atoms with Crippen molar-refractivity contribution in [3.8, 4) is 0 Å². The number of aromatic nitrogens is 1. The number of hydrogen-bond donors (Lipinski definition) is 1. The lowest BCUT2D eigenvalue weighted by Gasteiger charge is -2.27. The molecule has 0 bridgehead atoms. The number of pyridine rings is 1. The van der Waals surface area contributed by atoms with Crippen LogP contribution in [-0.4, -0.2) is 30.0 Å². The molecule has 0 aliphatic carbocycles. The third-order valence-electron chi connectivity index (χ3n) is 4.58. The summed E-state index contributed by atoms with van der Waals surface area (Å²) >= 11 is 0. The van der Waals surface area contributed by atoms with Gasteiger partial charge in [-0.2, -0.15) is 0 Å². The van der Waals surface area contributed by atoms with E-state index in [0.29, 0.717) is 0 Å². The zero-order valence-corrected chi connectivity index (χ0v) is 12.3. The number of rotatable bonds is 1. The summed E-state index contributed by atoms with van der Waals surface area (Å²) in [4.78, 5) is 9.58. The van der Waals surface area contributed by atoms with Gasteiger partial charge in [0.1, 0.15) is 5.82 Å². The highest BCUT2D eigenvalue weighted by atomic mass is 15.2. The molecule has 3 heterocycles. The van der Waals surface area contributed by atoms with Crippen LogP contribution in [0.25, 0.3) is 0 Å². The molecule has 2 aliphatic rings. The summed E-state index contributed by atoms with van der Waals surface area (Å²) in [6.07, 6.45) is 1.98. The van der Waals surface area contributed by atoms with Crippen molar-refractivity contribution in [1.82, 2.24) is 9.88 Å². The molecule has 0 spiro atoms. The van der Waals surface area contributed by atoms with Crippen molar-refractivity contribution in [1.29, 1.82) is 0 Å². The first-order valence-electron chi connectivity index (χ1n) is 7.55. The zero-order chi connectivity index (χ0) is 14.4. The van der Waals surface area contributed by atoms with Crippen LogP contribution in [0.4, 0.5) is 17.2 Å². The lowest BCUT2D eigenvalue weighted by Crippen LogP contribution is -2.29. The van der Waals surface area contributed by atoms with E-state index in [4.69, 9.17) is 10.7 Å². The van der Waals surface area contributed by atoms with Crippen LogP contribution in [-0.2, 0) is 19.4 Å². The third-order valence-corrected chi connectivity index (χ3v) is 4.58. The van der Waals surface area contributed by atoms with Crippen LogP contribution in [0.15, 0.2) is 30.3 Å². The molecule has 108 valence electrons. The minimum Gasteiger partial charge on any atom is -0.398 e. The highest BCUT2D eigenvalue weighted by Gasteiger charge is 2.29. The van der Waals surface area contributed by atoms with E-state index < -0.39 is 0 Å². The molecule has 0 saturated carbocycles. The SMILES string of the molecule is CN1CCc2nc3c(c(N)c2C1)CCN3c1ccccc1. The number of hydrogen-bond acceptors (Lipinski definition) is 4. The topological polar surface area (TPSA) is 45.4 Å². The van der Waals surface area contributed by atoms with E-state index in [2.05, 4.69) is 41.1 Å². The first-order chi connectivity index (χ1) is 10.2. The molecule has 0 radical (unpaired) electrons. The van der Waals surface area contributed by atoms with Crippen molar-refractivity contribution in [3.05, 3.63) is 47.2 Å². The summed E-state index contributed by atoms with van der Waals surface area (Å²) in [5.74, 6) is 1.07. The Labute approximate surface area is 125 Å². The van der Waals surface area contributed by atoms with Crippen molar-refractivity contribution in [2.24, 2.45) is 0 Å². The molecular weight excluding hydrogens is 260 g/mol. The monoisotopic (exact) mass is 280 g/mol. The van der Waals surface area contributed by atoms with Crippen molar-refractivity contribution in [2.75, 3.05) is 30.8 Å². The van der Waals surface area contributed by atoms with Gasteiger partial charge in [0.15, 0.2) is 0 Å². The van der Waals surface area contributed by atoms with Crippen LogP contribution in [0.2, 0.25) is 0 Å². The van der Waals surface area contributed by atoms with Gasteiger partial charge in [-0.05, 0) is 25.6 Å². The van der Waals surface area contributed by atoms with Crippen LogP contribution >= 0.6 is 0 Å². The summed E-state index contributed by atoms with van der Waals surface area (Å²) in [5, 5.41) is 0. The quantitative estimate of drug-likeness (QED) is 0.871. The fraction of sp³-hybridized carbons (Fsp3) is 0.353. The second-order valence-electron chi connectivity index (χ2n) is 5.98. The van der Waals surface area contributed by atoms with Gasteiger partial charge in [-0.25, -0.2) is 4.98 Å². The Hall–Kier alpha value is -2.07. The Kier molecular flexibility index (Phi) is 2.86. The van der Waals surface area contributed by atoms with Crippen LogP contribution in [0.3, 0.4) is 0 Å². The van der Waals surface area contributed by atoms with Gasteiger partial charge in [0.2, 0.25) is 0 Å². The van der Waals surface area contributed by atoms with Gasteiger partial charge in [0.25, 0.3) is 0 Å². The number of nitrogens with two attached hydrogens (primary N) is 1. The molecule has 21 heavy (non-hydrogen) atoms. The van der Waals surface area contributed by atoms with Crippen LogP contribution in [0.5, 0.6) is 0 Å². The largest absolute Gasteiger partial charge is 0.398 e. The Bertz CT molecular complexity index is 681. The van der Waals surface area contributed by atoms with Crippen molar-refractivity contribution >= 4 is 17.2 Å². The molecule has 2 aliphatic heterocycles. The maximum absolute atomic E-state index is 6.46.